The maximum absolute atomic E-state index is 12.6. The smallest absolute Gasteiger partial charge is 0.224 e. The predicted molar refractivity (Wildman–Crippen MR) is 112 cm³/mol. The van der Waals surface area contributed by atoms with Crippen LogP contribution in [0.5, 0.6) is 0 Å². The van der Waals surface area contributed by atoms with E-state index >= 15 is 0 Å². The highest BCUT2D eigenvalue weighted by molar-refractivity contribution is 6.31. The minimum atomic E-state index is -0.0541. The maximum Gasteiger partial charge on any atom is 0.224 e. The molecule has 0 bridgehead atoms. The van der Waals surface area contributed by atoms with Crippen LogP contribution >= 0.6 is 11.6 Å². The average Bonchev–Trinajstić information content (AvgIpc) is 2.72. The van der Waals surface area contributed by atoms with Crippen molar-refractivity contribution < 1.29 is 9.59 Å². The third-order valence-electron chi connectivity index (χ3n) is 5.11. The van der Waals surface area contributed by atoms with Gasteiger partial charge in [-0.25, -0.2) is 0 Å². The highest BCUT2D eigenvalue weighted by Gasteiger charge is 2.22. The van der Waals surface area contributed by atoms with E-state index in [1.54, 1.807) is 4.90 Å². The molecule has 0 N–H and O–H groups in total. The molecule has 5 nitrogen and oxygen atoms in total. The van der Waals surface area contributed by atoms with Crippen LogP contribution in [0, 0.1) is 0 Å². The first-order valence-corrected chi connectivity index (χ1v) is 9.99. The molecule has 2 aromatic rings. The van der Waals surface area contributed by atoms with E-state index in [0.717, 1.165) is 18.7 Å². The number of anilines is 1. The number of halogens is 1. The van der Waals surface area contributed by atoms with Gasteiger partial charge in [-0.1, -0.05) is 48.0 Å². The normalized spacial score (nSPS) is 14.1. The largest absolute Gasteiger partial charge is 0.368 e. The molecule has 1 saturated heterocycles. The summed E-state index contributed by atoms with van der Waals surface area (Å²) < 4.78 is 0. The quantitative estimate of drug-likeness (QED) is 0.747. The molecule has 1 aliphatic rings. The molecule has 0 aromatic heterocycles. The van der Waals surface area contributed by atoms with E-state index in [-0.39, 0.29) is 11.8 Å². The average molecular weight is 400 g/mol. The first-order chi connectivity index (χ1) is 13.5. The summed E-state index contributed by atoms with van der Waals surface area (Å²) in [5, 5.41) is 0.636. The minimum Gasteiger partial charge on any atom is -0.368 e. The number of carbonyl (C=O) groups excluding carboxylic acids is 2. The zero-order chi connectivity index (χ0) is 19.9. The van der Waals surface area contributed by atoms with E-state index in [1.165, 1.54) is 12.6 Å². The van der Waals surface area contributed by atoms with Gasteiger partial charge in [-0.15, -0.1) is 0 Å². The van der Waals surface area contributed by atoms with E-state index in [9.17, 15) is 9.59 Å². The van der Waals surface area contributed by atoms with Crippen LogP contribution in [0.2, 0.25) is 5.02 Å². The molecular formula is C22H26ClN3O2. The summed E-state index contributed by atoms with van der Waals surface area (Å²) in [5.41, 5.74) is 2.08. The molecule has 148 valence electrons. The number of para-hydroxylation sites is 1. The van der Waals surface area contributed by atoms with Crippen molar-refractivity contribution in [2.24, 2.45) is 0 Å². The Balaban J connectivity index is 1.50. The van der Waals surface area contributed by atoms with Gasteiger partial charge in [-0.05, 0) is 23.8 Å². The van der Waals surface area contributed by atoms with Gasteiger partial charge in [0.2, 0.25) is 11.8 Å². The second kappa shape index (κ2) is 9.60. The molecule has 3 rings (SSSR count). The first-order valence-electron chi connectivity index (χ1n) is 9.61. The Morgan fingerprint density at radius 2 is 1.61 bits per heavy atom. The van der Waals surface area contributed by atoms with Crippen LogP contribution in [-0.4, -0.2) is 54.3 Å². The summed E-state index contributed by atoms with van der Waals surface area (Å²) in [4.78, 5) is 30.5. The lowest BCUT2D eigenvalue weighted by Gasteiger charge is -2.36. The first kappa shape index (κ1) is 20.2. The Labute approximate surface area is 171 Å². The summed E-state index contributed by atoms with van der Waals surface area (Å²) in [5.74, 6) is 0.0414. The number of carbonyl (C=O) groups is 2. The topological polar surface area (TPSA) is 43.9 Å². The molecule has 0 radical (unpaired) electrons. The van der Waals surface area contributed by atoms with E-state index < -0.39 is 0 Å². The van der Waals surface area contributed by atoms with E-state index in [1.807, 2.05) is 47.4 Å². The highest BCUT2D eigenvalue weighted by atomic mass is 35.5. The van der Waals surface area contributed by atoms with Crippen LogP contribution in [-0.2, 0) is 16.1 Å². The van der Waals surface area contributed by atoms with Gasteiger partial charge in [0, 0.05) is 63.3 Å². The van der Waals surface area contributed by atoms with Crippen molar-refractivity contribution in [1.82, 2.24) is 9.80 Å². The number of hydrogen-bond donors (Lipinski definition) is 0. The third-order valence-corrected chi connectivity index (χ3v) is 5.48. The van der Waals surface area contributed by atoms with Crippen LogP contribution < -0.4 is 4.90 Å². The molecule has 0 saturated carbocycles. The van der Waals surface area contributed by atoms with Crippen molar-refractivity contribution in [3.05, 3.63) is 65.2 Å². The summed E-state index contributed by atoms with van der Waals surface area (Å²) >= 11 is 6.20. The summed E-state index contributed by atoms with van der Waals surface area (Å²) in [6.07, 6.45) is 0.329. The number of rotatable bonds is 6. The molecular weight excluding hydrogens is 374 g/mol. The van der Waals surface area contributed by atoms with Crippen molar-refractivity contribution in [1.29, 1.82) is 0 Å². The van der Waals surface area contributed by atoms with E-state index in [0.29, 0.717) is 37.6 Å². The van der Waals surface area contributed by atoms with Crippen molar-refractivity contribution in [2.75, 3.05) is 37.6 Å². The minimum absolute atomic E-state index is 0.0541. The van der Waals surface area contributed by atoms with Gasteiger partial charge in [-0.3, -0.25) is 9.59 Å². The molecule has 1 aliphatic heterocycles. The van der Waals surface area contributed by atoms with Crippen LogP contribution in [0.1, 0.15) is 18.9 Å². The monoisotopic (exact) mass is 399 g/mol. The van der Waals surface area contributed by atoms with Gasteiger partial charge >= 0.3 is 0 Å². The lowest BCUT2D eigenvalue weighted by molar-refractivity contribution is -0.134. The molecule has 6 heteroatoms. The number of amides is 2. The second-order valence-electron chi connectivity index (χ2n) is 6.99. The standard InChI is InChI=1S/C22H26ClN3O2/c1-18(27)26(17-19-7-5-6-10-21(19)23)12-11-22(28)25-15-13-24(14-16-25)20-8-3-2-4-9-20/h2-10H,11-17H2,1H3. The number of nitrogens with zero attached hydrogens (tertiary/aromatic N) is 3. The molecule has 28 heavy (non-hydrogen) atoms. The number of benzene rings is 2. The van der Waals surface area contributed by atoms with Gasteiger partial charge in [-0.2, -0.15) is 0 Å². The second-order valence-corrected chi connectivity index (χ2v) is 7.39. The van der Waals surface area contributed by atoms with Crippen LogP contribution in [0.4, 0.5) is 5.69 Å². The zero-order valence-electron chi connectivity index (χ0n) is 16.2. The lowest BCUT2D eigenvalue weighted by Crippen LogP contribution is -2.49. The third kappa shape index (κ3) is 5.26. The molecule has 0 atom stereocenters. The molecule has 2 amide bonds. The van der Waals surface area contributed by atoms with Crippen molar-refractivity contribution in [3.63, 3.8) is 0 Å². The predicted octanol–water partition coefficient (Wildman–Crippen LogP) is 3.43. The molecule has 1 fully saturated rings. The molecule has 0 spiro atoms. The molecule has 1 heterocycles. The van der Waals surface area contributed by atoms with E-state index in [2.05, 4.69) is 17.0 Å². The van der Waals surface area contributed by atoms with Crippen molar-refractivity contribution in [2.45, 2.75) is 19.9 Å². The zero-order valence-corrected chi connectivity index (χ0v) is 16.9. The van der Waals surface area contributed by atoms with Gasteiger partial charge in [0.05, 0.1) is 0 Å². The Morgan fingerprint density at radius 1 is 0.964 bits per heavy atom. The van der Waals surface area contributed by atoms with Gasteiger partial charge in [0.25, 0.3) is 0 Å². The molecule has 0 aliphatic carbocycles. The maximum atomic E-state index is 12.6. The van der Waals surface area contributed by atoms with Crippen molar-refractivity contribution >= 4 is 29.1 Å². The fraction of sp³-hybridized carbons (Fsp3) is 0.364. The Bertz CT molecular complexity index is 804. The summed E-state index contributed by atoms with van der Waals surface area (Å²) in [7, 11) is 0. The van der Waals surface area contributed by atoms with Crippen molar-refractivity contribution in [3.8, 4) is 0 Å². The summed E-state index contributed by atoms with van der Waals surface area (Å²) in [6, 6.07) is 17.7. The summed E-state index contributed by atoms with van der Waals surface area (Å²) in [6.45, 7) is 5.41. The SMILES string of the molecule is CC(=O)N(CCC(=O)N1CCN(c2ccccc2)CC1)Cc1ccccc1Cl. The Hall–Kier alpha value is -2.53. The van der Waals surface area contributed by atoms with E-state index in [4.69, 9.17) is 11.6 Å². The van der Waals surface area contributed by atoms with Crippen LogP contribution in [0.15, 0.2) is 54.6 Å². The molecule has 0 unspecified atom stereocenters. The Morgan fingerprint density at radius 3 is 2.25 bits per heavy atom. The number of hydrogen-bond acceptors (Lipinski definition) is 3. The highest BCUT2D eigenvalue weighted by Crippen LogP contribution is 2.18. The Kier molecular flexibility index (Phi) is 6.93. The van der Waals surface area contributed by atoms with Crippen LogP contribution in [0.25, 0.3) is 0 Å². The van der Waals surface area contributed by atoms with Gasteiger partial charge < -0.3 is 14.7 Å². The number of piperazine rings is 1. The van der Waals surface area contributed by atoms with Gasteiger partial charge in [0.1, 0.15) is 0 Å². The van der Waals surface area contributed by atoms with Gasteiger partial charge in [0.15, 0.2) is 0 Å². The molecule has 2 aromatic carbocycles. The lowest BCUT2D eigenvalue weighted by atomic mass is 10.2. The van der Waals surface area contributed by atoms with Crippen LogP contribution in [0.3, 0.4) is 0 Å². The fourth-order valence-electron chi connectivity index (χ4n) is 3.42. The fourth-order valence-corrected chi connectivity index (χ4v) is 3.62.